The van der Waals surface area contributed by atoms with Gasteiger partial charge in [-0.3, -0.25) is 18.9 Å². The van der Waals surface area contributed by atoms with Gasteiger partial charge in [0.25, 0.3) is 11.8 Å². The summed E-state index contributed by atoms with van der Waals surface area (Å²) in [7, 11) is -3.58. The van der Waals surface area contributed by atoms with Crippen LogP contribution in [0.1, 0.15) is 19.5 Å². The number of carbonyl (C=O) groups is 3. The number of amides is 3. The molecule has 1 aromatic heterocycles. The Balaban J connectivity index is 0.00000420. The van der Waals surface area contributed by atoms with E-state index >= 15 is 0 Å². The van der Waals surface area contributed by atoms with Crippen LogP contribution in [0.5, 0.6) is 0 Å². The first kappa shape index (κ1) is 25.7. The average molecular weight is 478 g/mol. The number of anilines is 1. The van der Waals surface area contributed by atoms with E-state index < -0.39 is 39.6 Å². The van der Waals surface area contributed by atoms with Crippen LogP contribution in [0.2, 0.25) is 0 Å². The van der Waals surface area contributed by atoms with E-state index in [2.05, 4.69) is 25.6 Å². The molecule has 2 rings (SSSR count). The fourth-order valence-corrected chi connectivity index (χ4v) is 4.30. The number of hydrogen-bond acceptors (Lipinski definition) is 9. The summed E-state index contributed by atoms with van der Waals surface area (Å²) >= 11 is 6.40. The normalized spacial score (nSPS) is 18.4. The van der Waals surface area contributed by atoms with Crippen LogP contribution in [0.4, 0.5) is 5.13 Å². The molecule has 12 nitrogen and oxygen atoms in total. The minimum atomic E-state index is -4.77. The summed E-state index contributed by atoms with van der Waals surface area (Å²) in [5.74, 6) is -2.66. The number of β-lactam (4-membered cyclic amide) rings is 1. The Morgan fingerprint density at radius 3 is 2.59 bits per heavy atom. The molecule has 1 aliphatic heterocycles. The number of rotatable bonds is 7. The SMILES string of the molecule is CO/N=C(\C(=O)NC1C(=O)N(S(=O)(=O)O)C1(C)C)c1csc(NC(=O)CCl)n1.[NaH]. The van der Waals surface area contributed by atoms with Gasteiger partial charge in [-0.25, -0.2) is 9.29 Å². The van der Waals surface area contributed by atoms with Gasteiger partial charge in [0, 0.05) is 5.38 Å². The van der Waals surface area contributed by atoms with Gasteiger partial charge in [-0.2, -0.15) is 8.42 Å². The van der Waals surface area contributed by atoms with E-state index in [-0.39, 0.29) is 56.3 Å². The molecule has 0 radical (unpaired) electrons. The molecule has 0 spiro atoms. The van der Waals surface area contributed by atoms with Gasteiger partial charge in [-0.15, -0.1) is 22.9 Å². The van der Waals surface area contributed by atoms with Gasteiger partial charge >= 0.3 is 39.9 Å². The van der Waals surface area contributed by atoms with Crippen molar-refractivity contribution in [2.45, 2.75) is 25.4 Å². The number of alkyl halides is 1. The monoisotopic (exact) mass is 477 g/mol. The van der Waals surface area contributed by atoms with Crippen molar-refractivity contribution in [2.75, 3.05) is 18.3 Å². The Morgan fingerprint density at radius 2 is 2.10 bits per heavy atom. The molecule has 3 N–H and O–H groups in total. The number of thiazole rings is 1. The van der Waals surface area contributed by atoms with Crippen LogP contribution in [-0.4, -0.2) is 99.8 Å². The van der Waals surface area contributed by atoms with Gasteiger partial charge in [0.1, 0.15) is 24.7 Å². The van der Waals surface area contributed by atoms with Crippen molar-refractivity contribution in [1.29, 1.82) is 0 Å². The van der Waals surface area contributed by atoms with Crippen molar-refractivity contribution in [1.82, 2.24) is 14.6 Å². The third kappa shape index (κ3) is 5.45. The second-order valence-electron chi connectivity index (χ2n) is 5.98. The second kappa shape index (κ2) is 9.68. The van der Waals surface area contributed by atoms with Crippen LogP contribution in [0.3, 0.4) is 0 Å². The number of carbonyl (C=O) groups excluding carboxylic acids is 3. The third-order valence-electron chi connectivity index (χ3n) is 3.70. The molecule has 0 saturated carbocycles. The topological polar surface area (TPSA) is 167 Å². The third-order valence-corrected chi connectivity index (χ3v) is 5.81. The van der Waals surface area contributed by atoms with Crippen LogP contribution in [0, 0.1) is 0 Å². The van der Waals surface area contributed by atoms with Crippen molar-refractivity contribution in [3.63, 3.8) is 0 Å². The predicted molar refractivity (Wildman–Crippen MR) is 107 cm³/mol. The van der Waals surface area contributed by atoms with Crippen LogP contribution >= 0.6 is 22.9 Å². The Morgan fingerprint density at radius 1 is 1.48 bits per heavy atom. The number of nitrogens with zero attached hydrogens (tertiary/aromatic N) is 3. The first-order chi connectivity index (χ1) is 12.9. The Labute approximate surface area is 197 Å². The summed E-state index contributed by atoms with van der Waals surface area (Å²) in [6, 6.07) is -1.24. The van der Waals surface area contributed by atoms with Crippen LogP contribution in [0.25, 0.3) is 0 Å². The first-order valence-electron chi connectivity index (χ1n) is 7.49. The van der Waals surface area contributed by atoms with E-state index in [9.17, 15) is 22.8 Å². The Kier molecular flexibility index (Phi) is 8.59. The number of nitrogens with one attached hydrogen (secondary N) is 2. The van der Waals surface area contributed by atoms with E-state index in [0.717, 1.165) is 11.3 Å². The van der Waals surface area contributed by atoms with E-state index in [1.807, 2.05) is 0 Å². The van der Waals surface area contributed by atoms with Gasteiger partial charge in [0.2, 0.25) is 5.91 Å². The quantitative estimate of drug-likeness (QED) is 0.111. The summed E-state index contributed by atoms with van der Waals surface area (Å²) < 4.78 is 32.0. The second-order valence-corrected chi connectivity index (χ2v) is 8.37. The standard InChI is InChI=1S/C13H16ClN5O7S2.Na.H/c1-13(2)9(11(22)19(13)28(23,24)25)17-10(21)8(18-26-3)6-5-27-12(15-6)16-7(20)4-14;;/h5,9H,4H2,1-3H3,(H,17,21)(H,15,16,20)(H,23,24,25);;/b18-8-;;. The fourth-order valence-electron chi connectivity index (χ4n) is 2.49. The summed E-state index contributed by atoms with van der Waals surface area (Å²) in [4.78, 5) is 44.6. The van der Waals surface area contributed by atoms with Gasteiger partial charge in [-0.05, 0) is 13.8 Å². The molecule has 1 unspecified atom stereocenters. The molecule has 29 heavy (non-hydrogen) atoms. The van der Waals surface area contributed by atoms with Crippen molar-refractivity contribution in [3.05, 3.63) is 11.1 Å². The van der Waals surface area contributed by atoms with Gasteiger partial charge < -0.3 is 15.5 Å². The molecule has 16 heteroatoms. The van der Waals surface area contributed by atoms with Gasteiger partial charge in [0.05, 0.1) is 5.54 Å². The summed E-state index contributed by atoms with van der Waals surface area (Å²) in [5, 5.41) is 9.90. The average Bonchev–Trinajstić information content (AvgIpc) is 3.03. The van der Waals surface area contributed by atoms with Crippen LogP contribution < -0.4 is 10.6 Å². The molecule has 1 atom stereocenters. The minimum absolute atomic E-state index is 0. The number of oxime groups is 1. The zero-order valence-electron chi connectivity index (χ0n) is 14.8. The van der Waals surface area contributed by atoms with Gasteiger partial charge in [-0.1, -0.05) is 5.16 Å². The van der Waals surface area contributed by atoms with E-state index in [1.165, 1.54) is 26.3 Å². The van der Waals surface area contributed by atoms with Crippen LogP contribution in [-0.2, 0) is 29.5 Å². The first-order valence-corrected chi connectivity index (χ1v) is 10.3. The molecule has 2 heterocycles. The van der Waals surface area contributed by atoms with Crippen molar-refractivity contribution >= 4 is 91.4 Å². The van der Waals surface area contributed by atoms with Crippen LogP contribution in [0.15, 0.2) is 10.5 Å². The molecule has 1 aliphatic rings. The number of halogens is 1. The van der Waals surface area contributed by atoms with E-state index in [1.54, 1.807) is 0 Å². The molecule has 0 bridgehead atoms. The predicted octanol–water partition coefficient (Wildman–Crippen LogP) is -1.07. The molecule has 1 saturated heterocycles. The van der Waals surface area contributed by atoms with Crippen molar-refractivity contribution < 1.29 is 32.2 Å². The molecule has 0 aliphatic carbocycles. The molecular formula is C13H17ClN5NaO7S2. The summed E-state index contributed by atoms with van der Waals surface area (Å²) in [6.45, 7) is 2.70. The van der Waals surface area contributed by atoms with Crippen molar-refractivity contribution in [3.8, 4) is 0 Å². The zero-order chi connectivity index (χ0) is 21.3. The summed E-state index contributed by atoms with van der Waals surface area (Å²) in [5.41, 5.74) is -1.66. The van der Waals surface area contributed by atoms with Gasteiger partial charge in [0.15, 0.2) is 10.8 Å². The number of aromatic nitrogens is 1. The fraction of sp³-hybridized carbons (Fsp3) is 0.462. The summed E-state index contributed by atoms with van der Waals surface area (Å²) in [6.07, 6.45) is 0. The number of hydrogen-bond donors (Lipinski definition) is 3. The van der Waals surface area contributed by atoms with E-state index in [0.29, 0.717) is 0 Å². The molecule has 1 fully saturated rings. The van der Waals surface area contributed by atoms with Crippen molar-refractivity contribution in [2.24, 2.45) is 5.16 Å². The maximum absolute atomic E-state index is 12.6. The molecular weight excluding hydrogens is 461 g/mol. The molecule has 3 amide bonds. The molecule has 156 valence electrons. The Bertz CT molecular complexity index is 949. The Hall–Kier alpha value is -1.29. The molecule has 0 aromatic carbocycles. The molecule has 1 aromatic rings. The zero-order valence-corrected chi connectivity index (χ0v) is 17.2. The maximum atomic E-state index is 12.6. The van der Waals surface area contributed by atoms with E-state index in [4.69, 9.17) is 16.2 Å².